The number of nitrogens with zero attached hydrogens (tertiary/aromatic N) is 1. The van der Waals surface area contributed by atoms with Crippen molar-refractivity contribution in [3.05, 3.63) is 49.4 Å². The summed E-state index contributed by atoms with van der Waals surface area (Å²) in [4.78, 5) is 4.35. The van der Waals surface area contributed by atoms with Gasteiger partial charge in [0, 0.05) is 19.6 Å². The van der Waals surface area contributed by atoms with Crippen molar-refractivity contribution in [1.82, 2.24) is 4.98 Å². The van der Waals surface area contributed by atoms with E-state index in [1.54, 1.807) is 6.20 Å². The summed E-state index contributed by atoms with van der Waals surface area (Å²) in [6.45, 7) is 2.02. The van der Waals surface area contributed by atoms with Gasteiger partial charge in [0.1, 0.15) is 5.82 Å². The van der Waals surface area contributed by atoms with Gasteiger partial charge in [-0.15, -0.1) is 0 Å². The Labute approximate surface area is 125 Å². The number of aryl methyl sites for hydroxylation is 1. The molecule has 1 heterocycles. The molecule has 1 N–H and O–H groups in total. The van der Waals surface area contributed by atoms with E-state index in [-0.39, 0.29) is 0 Å². The molecule has 0 unspecified atom stereocenters. The lowest BCUT2D eigenvalue weighted by molar-refractivity contribution is 1.24. The molecule has 0 aliphatic heterocycles. The second-order valence-electron chi connectivity index (χ2n) is 3.57. The van der Waals surface area contributed by atoms with Crippen LogP contribution >= 0.6 is 47.8 Å². The molecule has 0 fully saturated rings. The predicted molar refractivity (Wildman–Crippen MR) is 81.8 cm³/mol. The van der Waals surface area contributed by atoms with Gasteiger partial charge >= 0.3 is 0 Å². The molecule has 1 aromatic carbocycles. The number of benzene rings is 1. The molecule has 0 bridgehead atoms. The zero-order valence-electron chi connectivity index (χ0n) is 8.97. The highest BCUT2D eigenvalue weighted by Gasteiger charge is 2.05. The van der Waals surface area contributed by atoms with Gasteiger partial charge in [0.2, 0.25) is 0 Å². The summed E-state index contributed by atoms with van der Waals surface area (Å²) in [6.07, 6.45) is 1.78. The molecule has 2 rings (SSSR count). The van der Waals surface area contributed by atoms with E-state index < -0.39 is 0 Å². The molecule has 0 atom stereocenters. The maximum absolute atomic E-state index is 4.35. The summed E-state index contributed by atoms with van der Waals surface area (Å²) < 4.78 is 3.01. The first-order valence-corrected chi connectivity index (χ1v) is 7.28. The van der Waals surface area contributed by atoms with Gasteiger partial charge in [-0.1, -0.05) is 15.9 Å². The fraction of sp³-hybridized carbons (Fsp3) is 0.0833. The van der Waals surface area contributed by atoms with Crippen LogP contribution in [0.4, 0.5) is 11.5 Å². The van der Waals surface area contributed by atoms with Crippen LogP contribution < -0.4 is 5.32 Å². The van der Waals surface area contributed by atoms with Gasteiger partial charge in [-0.2, -0.15) is 0 Å². The number of pyridine rings is 1. The van der Waals surface area contributed by atoms with Crippen LogP contribution in [0.1, 0.15) is 5.56 Å². The van der Waals surface area contributed by atoms with Crippen molar-refractivity contribution in [2.45, 2.75) is 6.92 Å². The first-order valence-electron chi connectivity index (χ1n) is 4.90. The van der Waals surface area contributed by atoms with Gasteiger partial charge in [0.15, 0.2) is 0 Å². The lowest BCUT2D eigenvalue weighted by Crippen LogP contribution is -1.97. The monoisotopic (exact) mass is 418 g/mol. The predicted octanol–water partition coefficient (Wildman–Crippen LogP) is 5.42. The van der Waals surface area contributed by atoms with E-state index in [4.69, 9.17) is 0 Å². The minimum Gasteiger partial charge on any atom is -0.339 e. The van der Waals surface area contributed by atoms with Crippen LogP contribution in [0.25, 0.3) is 0 Å². The quantitative estimate of drug-likeness (QED) is 0.701. The molecule has 1 aromatic heterocycles. The Morgan fingerprint density at radius 2 is 1.82 bits per heavy atom. The van der Waals surface area contributed by atoms with Crippen LogP contribution in [0.3, 0.4) is 0 Å². The van der Waals surface area contributed by atoms with Gasteiger partial charge in [0.05, 0.1) is 5.69 Å². The third kappa shape index (κ3) is 3.30. The number of nitrogens with one attached hydrogen (secondary N) is 1. The van der Waals surface area contributed by atoms with Crippen molar-refractivity contribution in [1.29, 1.82) is 0 Å². The van der Waals surface area contributed by atoms with E-state index in [1.807, 2.05) is 31.2 Å². The standard InChI is InChI=1S/C12H9Br3N2/c1-7-4-9(14)6-16-12(7)17-11-5-8(13)2-3-10(11)15/h2-6H,1H3,(H,16,17). The highest BCUT2D eigenvalue weighted by atomic mass is 79.9. The van der Waals surface area contributed by atoms with Crippen molar-refractivity contribution in [2.75, 3.05) is 5.32 Å². The average molecular weight is 421 g/mol. The van der Waals surface area contributed by atoms with Crippen LogP contribution in [0, 0.1) is 6.92 Å². The van der Waals surface area contributed by atoms with Crippen molar-refractivity contribution in [2.24, 2.45) is 0 Å². The molecule has 0 saturated carbocycles. The summed E-state index contributed by atoms with van der Waals surface area (Å²) in [7, 11) is 0. The molecule has 0 saturated heterocycles. The smallest absolute Gasteiger partial charge is 0.133 e. The van der Waals surface area contributed by atoms with Crippen LogP contribution in [0.2, 0.25) is 0 Å². The fourth-order valence-electron chi connectivity index (χ4n) is 1.39. The Hall–Kier alpha value is -0.390. The van der Waals surface area contributed by atoms with Crippen LogP contribution in [0.5, 0.6) is 0 Å². The average Bonchev–Trinajstić information content (AvgIpc) is 2.27. The van der Waals surface area contributed by atoms with E-state index in [0.29, 0.717) is 0 Å². The van der Waals surface area contributed by atoms with Gasteiger partial charge < -0.3 is 5.32 Å². The Balaban J connectivity index is 2.34. The minimum atomic E-state index is 0.854. The molecule has 0 aliphatic rings. The summed E-state index contributed by atoms with van der Waals surface area (Å²) >= 11 is 10.4. The summed E-state index contributed by atoms with van der Waals surface area (Å²) in [5.74, 6) is 0.854. The summed E-state index contributed by atoms with van der Waals surface area (Å²) in [6, 6.07) is 8.01. The third-order valence-electron chi connectivity index (χ3n) is 2.23. The van der Waals surface area contributed by atoms with E-state index in [9.17, 15) is 0 Å². The van der Waals surface area contributed by atoms with Gasteiger partial charge in [-0.05, 0) is 68.6 Å². The van der Waals surface area contributed by atoms with Crippen molar-refractivity contribution in [3.8, 4) is 0 Å². The molecular formula is C12H9Br3N2. The van der Waals surface area contributed by atoms with Gasteiger partial charge in [0.25, 0.3) is 0 Å². The van der Waals surface area contributed by atoms with Crippen LogP contribution in [0.15, 0.2) is 43.9 Å². The Bertz CT molecular complexity index is 555. The number of rotatable bonds is 2. The van der Waals surface area contributed by atoms with Gasteiger partial charge in [-0.3, -0.25) is 0 Å². The number of hydrogen-bond donors (Lipinski definition) is 1. The maximum Gasteiger partial charge on any atom is 0.133 e. The van der Waals surface area contributed by atoms with E-state index in [2.05, 4.69) is 58.1 Å². The first kappa shape index (κ1) is 13.1. The van der Waals surface area contributed by atoms with E-state index >= 15 is 0 Å². The zero-order chi connectivity index (χ0) is 12.4. The lowest BCUT2D eigenvalue weighted by Gasteiger charge is -2.10. The largest absolute Gasteiger partial charge is 0.339 e. The molecule has 0 aliphatic carbocycles. The molecule has 0 radical (unpaired) electrons. The number of hydrogen-bond acceptors (Lipinski definition) is 2. The Morgan fingerprint density at radius 3 is 2.53 bits per heavy atom. The minimum absolute atomic E-state index is 0.854. The first-order chi connectivity index (χ1) is 8.06. The maximum atomic E-state index is 4.35. The van der Waals surface area contributed by atoms with E-state index in [0.717, 1.165) is 30.5 Å². The lowest BCUT2D eigenvalue weighted by atomic mass is 10.2. The van der Waals surface area contributed by atoms with Crippen molar-refractivity contribution < 1.29 is 0 Å². The molecule has 5 heteroatoms. The SMILES string of the molecule is Cc1cc(Br)cnc1Nc1cc(Br)ccc1Br. The molecule has 0 amide bonds. The normalized spacial score (nSPS) is 10.4. The van der Waals surface area contributed by atoms with Crippen molar-refractivity contribution >= 4 is 59.3 Å². The molecule has 17 heavy (non-hydrogen) atoms. The third-order valence-corrected chi connectivity index (χ3v) is 3.84. The zero-order valence-corrected chi connectivity index (χ0v) is 13.7. The second kappa shape index (κ2) is 5.50. The molecule has 2 aromatic rings. The topological polar surface area (TPSA) is 24.9 Å². The van der Waals surface area contributed by atoms with Crippen LogP contribution in [-0.4, -0.2) is 4.98 Å². The molecule has 0 spiro atoms. The molecular weight excluding hydrogens is 412 g/mol. The molecule has 88 valence electrons. The number of aromatic nitrogens is 1. The van der Waals surface area contributed by atoms with Crippen LogP contribution in [-0.2, 0) is 0 Å². The second-order valence-corrected chi connectivity index (χ2v) is 6.25. The number of halogens is 3. The van der Waals surface area contributed by atoms with Crippen molar-refractivity contribution in [3.63, 3.8) is 0 Å². The summed E-state index contributed by atoms with van der Waals surface area (Å²) in [5, 5.41) is 3.30. The summed E-state index contributed by atoms with van der Waals surface area (Å²) in [5.41, 5.74) is 2.07. The highest BCUT2D eigenvalue weighted by Crippen LogP contribution is 2.29. The molecule has 2 nitrogen and oxygen atoms in total. The van der Waals surface area contributed by atoms with E-state index in [1.165, 1.54) is 0 Å². The fourth-order valence-corrected chi connectivity index (χ4v) is 2.54. The van der Waals surface area contributed by atoms with Gasteiger partial charge in [-0.25, -0.2) is 4.98 Å². The Morgan fingerprint density at radius 1 is 1.06 bits per heavy atom. The highest BCUT2D eigenvalue weighted by molar-refractivity contribution is 9.11. The number of anilines is 2. The Kier molecular flexibility index (Phi) is 4.22.